The largest absolute Gasteiger partial charge is 0.286 e. The first-order valence-electron chi connectivity index (χ1n) is 4.45. The van der Waals surface area contributed by atoms with Gasteiger partial charge in [-0.25, -0.2) is 0 Å². The summed E-state index contributed by atoms with van der Waals surface area (Å²) < 4.78 is 29.4. The van der Waals surface area contributed by atoms with Gasteiger partial charge in [-0.1, -0.05) is 12.1 Å². The van der Waals surface area contributed by atoms with E-state index in [1.165, 1.54) is 0 Å². The Bertz CT molecular complexity index is 456. The van der Waals surface area contributed by atoms with Crippen LogP contribution in [0.25, 0.3) is 0 Å². The number of hydrogen-bond donors (Lipinski definition) is 1. The van der Waals surface area contributed by atoms with Crippen LogP contribution in [0.4, 0.5) is 0 Å². The summed E-state index contributed by atoms with van der Waals surface area (Å²) in [6.45, 7) is 0. The first kappa shape index (κ1) is 11.7. The van der Waals surface area contributed by atoms with Gasteiger partial charge >= 0.3 is 0 Å². The molecule has 1 aromatic rings. The van der Waals surface area contributed by atoms with Crippen LogP contribution in [0.1, 0.15) is 17.5 Å². The topological polar surface area (TPSA) is 78.2 Å². The molecule has 0 saturated heterocycles. The lowest BCUT2D eigenvalue weighted by Crippen LogP contribution is -2.04. The molecule has 0 saturated carbocycles. The molecule has 1 aromatic carbocycles. The minimum absolute atomic E-state index is 0.229. The molecular weight excluding hydrogens is 214 g/mol. The molecule has 0 aromatic heterocycles. The number of aryl methyl sites for hydroxylation is 1. The molecule has 0 aliphatic heterocycles. The average Bonchev–Trinajstić information content (AvgIpc) is 2.17. The maximum absolute atomic E-state index is 10.4. The summed E-state index contributed by atoms with van der Waals surface area (Å²) in [5.74, 6) is -0.229. The summed E-state index contributed by atoms with van der Waals surface area (Å²) in [4.78, 5) is 0. The van der Waals surface area contributed by atoms with Gasteiger partial charge < -0.3 is 0 Å². The fourth-order valence-electron chi connectivity index (χ4n) is 1.20. The number of hydrogen-bond acceptors (Lipinski definition) is 3. The van der Waals surface area contributed by atoms with Crippen LogP contribution in [0.15, 0.2) is 24.3 Å². The van der Waals surface area contributed by atoms with Gasteiger partial charge in [0.1, 0.15) is 0 Å². The summed E-state index contributed by atoms with van der Waals surface area (Å²) in [5.41, 5.74) is 1.53. The SMILES string of the molecule is N#Cc1ccc(CCCS(=O)(=O)O)cc1. The molecule has 0 amide bonds. The lowest BCUT2D eigenvalue weighted by molar-refractivity contribution is 0.481. The predicted molar refractivity (Wildman–Crippen MR) is 55.9 cm³/mol. The van der Waals surface area contributed by atoms with Gasteiger partial charge in [-0.15, -0.1) is 0 Å². The first-order valence-corrected chi connectivity index (χ1v) is 6.06. The van der Waals surface area contributed by atoms with Crippen LogP contribution < -0.4 is 0 Å². The van der Waals surface area contributed by atoms with Crippen molar-refractivity contribution < 1.29 is 13.0 Å². The highest BCUT2D eigenvalue weighted by atomic mass is 32.2. The molecule has 4 nitrogen and oxygen atoms in total. The molecule has 1 rings (SSSR count). The van der Waals surface area contributed by atoms with Gasteiger partial charge in [0, 0.05) is 0 Å². The van der Waals surface area contributed by atoms with Gasteiger partial charge in [0.15, 0.2) is 0 Å². The summed E-state index contributed by atoms with van der Waals surface area (Å²) >= 11 is 0. The van der Waals surface area contributed by atoms with Crippen molar-refractivity contribution in [2.45, 2.75) is 12.8 Å². The maximum atomic E-state index is 10.4. The van der Waals surface area contributed by atoms with Crippen LogP contribution in [-0.4, -0.2) is 18.7 Å². The van der Waals surface area contributed by atoms with Gasteiger partial charge in [0.25, 0.3) is 10.1 Å². The average molecular weight is 225 g/mol. The molecule has 5 heteroatoms. The van der Waals surface area contributed by atoms with Crippen molar-refractivity contribution in [1.29, 1.82) is 5.26 Å². The molecule has 0 unspecified atom stereocenters. The summed E-state index contributed by atoms with van der Waals surface area (Å²) in [5, 5.41) is 8.55. The van der Waals surface area contributed by atoms with E-state index in [4.69, 9.17) is 9.81 Å². The monoisotopic (exact) mass is 225 g/mol. The van der Waals surface area contributed by atoms with Crippen molar-refractivity contribution in [3.63, 3.8) is 0 Å². The van der Waals surface area contributed by atoms with Crippen molar-refractivity contribution in [2.24, 2.45) is 0 Å². The Labute approximate surface area is 88.9 Å². The van der Waals surface area contributed by atoms with E-state index in [1.807, 2.05) is 6.07 Å². The van der Waals surface area contributed by atoms with Gasteiger partial charge in [0.2, 0.25) is 0 Å². The molecule has 1 N–H and O–H groups in total. The molecular formula is C10H11NO3S. The lowest BCUT2D eigenvalue weighted by Gasteiger charge is -1.99. The van der Waals surface area contributed by atoms with Gasteiger partial charge in [-0.3, -0.25) is 4.55 Å². The normalized spacial score (nSPS) is 10.9. The highest BCUT2D eigenvalue weighted by Crippen LogP contribution is 2.06. The third-order valence-electron chi connectivity index (χ3n) is 1.95. The molecule has 15 heavy (non-hydrogen) atoms. The zero-order valence-electron chi connectivity index (χ0n) is 8.05. The molecule has 0 heterocycles. The number of nitrogens with zero attached hydrogens (tertiary/aromatic N) is 1. The Morgan fingerprint density at radius 3 is 2.33 bits per heavy atom. The Kier molecular flexibility index (Phi) is 3.83. The Hall–Kier alpha value is -1.38. The van der Waals surface area contributed by atoms with Crippen molar-refractivity contribution in [1.82, 2.24) is 0 Å². The fraction of sp³-hybridized carbons (Fsp3) is 0.300. The number of rotatable bonds is 4. The van der Waals surface area contributed by atoms with Gasteiger partial charge in [0.05, 0.1) is 17.4 Å². The zero-order chi connectivity index (χ0) is 11.3. The lowest BCUT2D eigenvalue weighted by atomic mass is 10.1. The molecule has 80 valence electrons. The Balaban J connectivity index is 2.49. The minimum Gasteiger partial charge on any atom is -0.286 e. The summed E-state index contributed by atoms with van der Waals surface area (Å²) in [6, 6.07) is 8.93. The molecule has 0 aliphatic rings. The van der Waals surface area contributed by atoms with E-state index in [-0.39, 0.29) is 5.75 Å². The van der Waals surface area contributed by atoms with Crippen molar-refractivity contribution in [2.75, 3.05) is 5.75 Å². The molecule has 0 fully saturated rings. The third kappa shape index (κ3) is 4.58. The smallest absolute Gasteiger partial charge is 0.264 e. The quantitative estimate of drug-likeness (QED) is 0.785. The van der Waals surface area contributed by atoms with Crippen LogP contribution in [0.5, 0.6) is 0 Å². The first-order chi connectivity index (χ1) is 7.01. The van der Waals surface area contributed by atoms with Crippen LogP contribution >= 0.6 is 0 Å². The second-order valence-corrected chi connectivity index (χ2v) is 4.77. The molecule has 0 bridgehead atoms. The van der Waals surface area contributed by atoms with E-state index in [0.717, 1.165) is 5.56 Å². The second-order valence-electron chi connectivity index (χ2n) is 3.20. The third-order valence-corrected chi connectivity index (χ3v) is 2.76. The van der Waals surface area contributed by atoms with Crippen molar-refractivity contribution in [3.8, 4) is 6.07 Å². The van der Waals surface area contributed by atoms with E-state index in [9.17, 15) is 8.42 Å². The van der Waals surface area contributed by atoms with Crippen LogP contribution in [0.2, 0.25) is 0 Å². The minimum atomic E-state index is -3.86. The molecule has 0 radical (unpaired) electrons. The highest BCUT2D eigenvalue weighted by molar-refractivity contribution is 7.85. The van der Waals surface area contributed by atoms with Crippen molar-refractivity contribution in [3.05, 3.63) is 35.4 Å². The summed E-state index contributed by atoms with van der Waals surface area (Å²) in [7, 11) is -3.86. The van der Waals surface area contributed by atoms with Crippen molar-refractivity contribution >= 4 is 10.1 Å². The van der Waals surface area contributed by atoms with Crippen LogP contribution in [-0.2, 0) is 16.5 Å². The fourth-order valence-corrected chi connectivity index (χ4v) is 1.71. The number of benzene rings is 1. The van der Waals surface area contributed by atoms with E-state index < -0.39 is 10.1 Å². The molecule has 0 aliphatic carbocycles. The predicted octanol–water partition coefficient (Wildman–Crippen LogP) is 1.38. The Morgan fingerprint density at radius 2 is 1.87 bits per heavy atom. The maximum Gasteiger partial charge on any atom is 0.264 e. The van der Waals surface area contributed by atoms with E-state index in [2.05, 4.69) is 0 Å². The second kappa shape index (κ2) is 4.91. The Morgan fingerprint density at radius 1 is 1.27 bits per heavy atom. The van der Waals surface area contributed by atoms with Gasteiger partial charge in [-0.2, -0.15) is 13.7 Å². The van der Waals surface area contributed by atoms with Gasteiger partial charge in [-0.05, 0) is 30.5 Å². The number of nitriles is 1. The van der Waals surface area contributed by atoms with Crippen LogP contribution in [0.3, 0.4) is 0 Å². The molecule has 0 atom stereocenters. The van der Waals surface area contributed by atoms with E-state index in [0.29, 0.717) is 18.4 Å². The zero-order valence-corrected chi connectivity index (χ0v) is 8.87. The van der Waals surface area contributed by atoms with E-state index >= 15 is 0 Å². The molecule has 0 spiro atoms. The standard InChI is InChI=1S/C10H11NO3S/c11-8-10-5-3-9(4-6-10)2-1-7-15(12,13)14/h3-6H,1-2,7H2,(H,12,13,14). The summed E-state index contributed by atoms with van der Waals surface area (Å²) in [6.07, 6.45) is 0.955. The van der Waals surface area contributed by atoms with Crippen LogP contribution in [0, 0.1) is 11.3 Å². The van der Waals surface area contributed by atoms with E-state index in [1.54, 1.807) is 24.3 Å². The highest BCUT2D eigenvalue weighted by Gasteiger charge is 2.03.